The van der Waals surface area contributed by atoms with Gasteiger partial charge in [-0.2, -0.15) is 0 Å². The molecule has 23 heavy (non-hydrogen) atoms. The van der Waals surface area contributed by atoms with Crippen LogP contribution in [0.25, 0.3) is 32.3 Å². The standard InChI is InChI=1S/C20H19NO.ClH/c1-22-12-11-21-13-17-8-7-16-6-5-14-3-2-4-15-9-10-18(17)20(16)19(14)15;/h2-10,21H,11-13H2,1H3;1H. The van der Waals surface area contributed by atoms with E-state index in [0.29, 0.717) is 0 Å². The molecule has 4 aromatic carbocycles. The molecule has 0 aliphatic heterocycles. The molecule has 0 bridgehead atoms. The van der Waals surface area contributed by atoms with Crippen molar-refractivity contribution in [3.63, 3.8) is 0 Å². The molecular weight excluding hydrogens is 306 g/mol. The summed E-state index contributed by atoms with van der Waals surface area (Å²) in [5.41, 5.74) is 1.35. The number of benzene rings is 4. The van der Waals surface area contributed by atoms with Crippen LogP contribution in [0, 0.1) is 0 Å². The van der Waals surface area contributed by atoms with Gasteiger partial charge in [0.2, 0.25) is 0 Å². The number of hydrogen-bond acceptors (Lipinski definition) is 2. The first-order valence-electron chi connectivity index (χ1n) is 7.73. The summed E-state index contributed by atoms with van der Waals surface area (Å²) in [5.74, 6) is 0. The van der Waals surface area contributed by atoms with E-state index in [1.807, 2.05) is 0 Å². The Balaban J connectivity index is 0.00000156. The Morgan fingerprint density at radius 1 is 0.826 bits per heavy atom. The van der Waals surface area contributed by atoms with Gasteiger partial charge in [0.25, 0.3) is 0 Å². The smallest absolute Gasteiger partial charge is 0.0587 e. The van der Waals surface area contributed by atoms with Crippen molar-refractivity contribution in [2.24, 2.45) is 0 Å². The maximum atomic E-state index is 5.10. The van der Waals surface area contributed by atoms with E-state index in [-0.39, 0.29) is 12.4 Å². The maximum absolute atomic E-state index is 5.10. The summed E-state index contributed by atoms with van der Waals surface area (Å²) in [6, 6.07) is 20.0. The van der Waals surface area contributed by atoms with Crippen LogP contribution in [0.3, 0.4) is 0 Å². The van der Waals surface area contributed by atoms with Crippen molar-refractivity contribution in [2.75, 3.05) is 20.3 Å². The number of rotatable bonds is 5. The molecule has 3 heteroatoms. The first-order valence-corrected chi connectivity index (χ1v) is 7.73. The molecule has 0 fully saturated rings. The molecule has 4 aromatic rings. The zero-order valence-electron chi connectivity index (χ0n) is 13.1. The molecule has 2 nitrogen and oxygen atoms in total. The lowest BCUT2D eigenvalue weighted by molar-refractivity contribution is 0.199. The molecule has 0 heterocycles. The number of hydrogen-bond donors (Lipinski definition) is 1. The third-order valence-corrected chi connectivity index (χ3v) is 4.42. The lowest BCUT2D eigenvalue weighted by atomic mass is 9.92. The predicted octanol–water partition coefficient (Wildman–Crippen LogP) is 4.74. The molecule has 0 aliphatic carbocycles. The summed E-state index contributed by atoms with van der Waals surface area (Å²) >= 11 is 0. The Morgan fingerprint density at radius 2 is 1.48 bits per heavy atom. The van der Waals surface area contributed by atoms with Gasteiger partial charge >= 0.3 is 0 Å². The summed E-state index contributed by atoms with van der Waals surface area (Å²) in [5, 5.41) is 11.5. The van der Waals surface area contributed by atoms with E-state index in [1.165, 1.54) is 37.9 Å². The van der Waals surface area contributed by atoms with Crippen LogP contribution >= 0.6 is 12.4 Å². The second-order valence-corrected chi connectivity index (χ2v) is 5.75. The highest BCUT2D eigenvalue weighted by Gasteiger charge is 2.10. The molecule has 0 saturated heterocycles. The fraction of sp³-hybridized carbons (Fsp3) is 0.200. The van der Waals surface area contributed by atoms with Gasteiger partial charge in [-0.3, -0.25) is 0 Å². The number of methoxy groups -OCH3 is 1. The number of nitrogens with one attached hydrogen (secondary N) is 1. The van der Waals surface area contributed by atoms with Crippen molar-refractivity contribution in [1.82, 2.24) is 5.32 Å². The van der Waals surface area contributed by atoms with E-state index in [4.69, 9.17) is 4.74 Å². The first kappa shape index (κ1) is 16.0. The van der Waals surface area contributed by atoms with Crippen molar-refractivity contribution >= 4 is 44.7 Å². The Hall–Kier alpha value is -1.87. The van der Waals surface area contributed by atoms with Gasteiger partial charge in [-0.05, 0) is 37.9 Å². The summed E-state index contributed by atoms with van der Waals surface area (Å²) < 4.78 is 5.10. The van der Waals surface area contributed by atoms with E-state index >= 15 is 0 Å². The van der Waals surface area contributed by atoms with E-state index in [0.717, 1.165) is 19.7 Å². The molecular formula is C20H20ClNO. The van der Waals surface area contributed by atoms with Crippen LogP contribution in [0.5, 0.6) is 0 Å². The normalized spacial score (nSPS) is 11.3. The fourth-order valence-electron chi connectivity index (χ4n) is 3.35. The zero-order valence-corrected chi connectivity index (χ0v) is 14.0. The molecule has 0 atom stereocenters. The minimum Gasteiger partial charge on any atom is -0.383 e. The Kier molecular flexibility index (Phi) is 4.67. The molecule has 0 saturated carbocycles. The zero-order chi connectivity index (χ0) is 14.9. The summed E-state index contributed by atoms with van der Waals surface area (Å²) in [6.45, 7) is 2.49. The lowest BCUT2D eigenvalue weighted by Gasteiger charge is -2.14. The second kappa shape index (κ2) is 6.71. The molecule has 0 spiro atoms. The largest absolute Gasteiger partial charge is 0.383 e. The summed E-state index contributed by atoms with van der Waals surface area (Å²) in [6.07, 6.45) is 0. The molecule has 0 unspecified atom stereocenters. The van der Waals surface area contributed by atoms with E-state index in [2.05, 4.69) is 59.9 Å². The highest BCUT2D eigenvalue weighted by molar-refractivity contribution is 6.23. The van der Waals surface area contributed by atoms with Crippen molar-refractivity contribution in [1.29, 1.82) is 0 Å². The van der Waals surface area contributed by atoms with Gasteiger partial charge in [-0.25, -0.2) is 0 Å². The molecule has 0 aromatic heterocycles. The minimum atomic E-state index is 0. The Bertz CT molecular complexity index is 919. The molecule has 118 valence electrons. The maximum Gasteiger partial charge on any atom is 0.0587 e. The van der Waals surface area contributed by atoms with E-state index in [1.54, 1.807) is 7.11 Å². The summed E-state index contributed by atoms with van der Waals surface area (Å²) in [7, 11) is 1.73. The van der Waals surface area contributed by atoms with Gasteiger partial charge in [0.1, 0.15) is 0 Å². The van der Waals surface area contributed by atoms with Crippen LogP contribution in [0.1, 0.15) is 5.56 Å². The van der Waals surface area contributed by atoms with Gasteiger partial charge in [-0.1, -0.05) is 54.6 Å². The number of ether oxygens (including phenoxy) is 1. The Labute approximate surface area is 142 Å². The van der Waals surface area contributed by atoms with Crippen LogP contribution in [-0.2, 0) is 11.3 Å². The number of halogens is 1. The van der Waals surface area contributed by atoms with Gasteiger partial charge in [0.15, 0.2) is 0 Å². The van der Waals surface area contributed by atoms with Gasteiger partial charge in [0, 0.05) is 20.2 Å². The predicted molar refractivity (Wildman–Crippen MR) is 101 cm³/mol. The molecule has 4 rings (SSSR count). The monoisotopic (exact) mass is 325 g/mol. The minimum absolute atomic E-state index is 0. The SMILES string of the molecule is COCCNCc1ccc2ccc3cccc4ccc1c2c34.Cl. The van der Waals surface area contributed by atoms with Crippen molar-refractivity contribution in [3.8, 4) is 0 Å². The molecule has 0 amide bonds. The van der Waals surface area contributed by atoms with Crippen LogP contribution < -0.4 is 5.32 Å². The first-order chi connectivity index (χ1) is 10.9. The van der Waals surface area contributed by atoms with Crippen LogP contribution in [-0.4, -0.2) is 20.3 Å². The quantitative estimate of drug-likeness (QED) is 0.422. The van der Waals surface area contributed by atoms with Gasteiger partial charge in [0.05, 0.1) is 6.61 Å². The molecule has 0 radical (unpaired) electrons. The second-order valence-electron chi connectivity index (χ2n) is 5.75. The van der Waals surface area contributed by atoms with Crippen LogP contribution in [0.2, 0.25) is 0 Å². The van der Waals surface area contributed by atoms with E-state index in [9.17, 15) is 0 Å². The van der Waals surface area contributed by atoms with Gasteiger partial charge in [-0.15, -0.1) is 12.4 Å². The van der Waals surface area contributed by atoms with Crippen LogP contribution in [0.15, 0.2) is 54.6 Å². The fourth-order valence-corrected chi connectivity index (χ4v) is 3.35. The average Bonchev–Trinajstić information content (AvgIpc) is 2.57. The highest BCUT2D eigenvalue weighted by Crippen LogP contribution is 2.35. The lowest BCUT2D eigenvalue weighted by Crippen LogP contribution is -2.18. The third kappa shape index (κ3) is 2.74. The summed E-state index contributed by atoms with van der Waals surface area (Å²) in [4.78, 5) is 0. The topological polar surface area (TPSA) is 21.3 Å². The van der Waals surface area contributed by atoms with Crippen molar-refractivity contribution < 1.29 is 4.74 Å². The average molecular weight is 326 g/mol. The van der Waals surface area contributed by atoms with Crippen LogP contribution in [0.4, 0.5) is 0 Å². The van der Waals surface area contributed by atoms with E-state index < -0.39 is 0 Å². The third-order valence-electron chi connectivity index (χ3n) is 4.42. The molecule has 0 aliphatic rings. The van der Waals surface area contributed by atoms with Gasteiger partial charge < -0.3 is 10.1 Å². The highest BCUT2D eigenvalue weighted by atomic mass is 35.5. The van der Waals surface area contributed by atoms with Crippen molar-refractivity contribution in [2.45, 2.75) is 6.54 Å². The van der Waals surface area contributed by atoms with Crippen molar-refractivity contribution in [3.05, 3.63) is 60.2 Å². The molecule has 1 N–H and O–H groups in total. The Morgan fingerprint density at radius 3 is 2.22 bits per heavy atom.